The Morgan fingerprint density at radius 1 is 1.50 bits per heavy atom. The number of carboxylic acid groups (broad SMARTS) is 1. The van der Waals surface area contributed by atoms with E-state index in [0.29, 0.717) is 13.0 Å². The van der Waals surface area contributed by atoms with Crippen LogP contribution in [0.1, 0.15) is 25.7 Å². The van der Waals surface area contributed by atoms with Crippen LogP contribution in [0.3, 0.4) is 0 Å². The van der Waals surface area contributed by atoms with E-state index in [1.165, 1.54) is 0 Å². The van der Waals surface area contributed by atoms with Crippen LogP contribution in [0.4, 0.5) is 0 Å². The number of methoxy groups -OCH3 is 1. The lowest BCUT2D eigenvalue weighted by molar-refractivity contribution is -0.259. The van der Waals surface area contributed by atoms with Gasteiger partial charge in [0, 0.05) is 13.2 Å². The van der Waals surface area contributed by atoms with Gasteiger partial charge in [-0.2, -0.15) is 0 Å². The molecule has 1 saturated heterocycles. The first kappa shape index (κ1) is 13.2. The first-order valence-corrected chi connectivity index (χ1v) is 5.41. The zero-order valence-electron chi connectivity index (χ0n) is 9.43. The smallest absolute Gasteiger partial charge is 0.327 e. The molecule has 0 aromatic rings. The molecule has 1 rings (SSSR count). The summed E-state index contributed by atoms with van der Waals surface area (Å²) in [4.78, 5) is 10.2. The molecule has 0 saturated carbocycles. The number of carbonyl (C=O) groups is 1. The van der Waals surface area contributed by atoms with Crippen molar-refractivity contribution in [2.45, 2.75) is 38.3 Å². The molecule has 5 nitrogen and oxygen atoms in total. The molecular weight excluding hydrogens is 212 g/mol. The van der Waals surface area contributed by atoms with E-state index in [2.05, 4.69) is 0 Å². The molecule has 0 amide bonds. The van der Waals surface area contributed by atoms with Crippen LogP contribution in [0.2, 0.25) is 0 Å². The average Bonchev–Trinajstić information content (AvgIpc) is 2.28. The lowest BCUT2D eigenvalue weighted by Gasteiger charge is -2.28. The van der Waals surface area contributed by atoms with Crippen LogP contribution in [-0.2, 0) is 19.0 Å². The minimum atomic E-state index is -0.937. The topological polar surface area (TPSA) is 65.0 Å². The Bertz CT molecular complexity index is 239. The van der Waals surface area contributed by atoms with Gasteiger partial charge in [0.2, 0.25) is 0 Å². The van der Waals surface area contributed by atoms with E-state index in [1.807, 2.05) is 0 Å². The fourth-order valence-corrected chi connectivity index (χ4v) is 1.50. The van der Waals surface area contributed by atoms with Crippen LogP contribution in [0.5, 0.6) is 0 Å². The molecule has 0 spiro atoms. The molecule has 0 aromatic heterocycles. The van der Waals surface area contributed by atoms with Gasteiger partial charge in [-0.1, -0.05) is 6.08 Å². The zero-order chi connectivity index (χ0) is 11.8. The van der Waals surface area contributed by atoms with E-state index < -0.39 is 5.97 Å². The van der Waals surface area contributed by atoms with Crippen LogP contribution >= 0.6 is 0 Å². The highest BCUT2D eigenvalue weighted by molar-refractivity contribution is 5.79. The summed E-state index contributed by atoms with van der Waals surface area (Å²) >= 11 is 0. The van der Waals surface area contributed by atoms with Gasteiger partial charge in [0.05, 0.1) is 6.61 Å². The Kier molecular flexibility index (Phi) is 6.07. The molecule has 1 N–H and O–H groups in total. The minimum Gasteiger partial charge on any atom is -0.478 e. The Morgan fingerprint density at radius 3 is 2.94 bits per heavy atom. The summed E-state index contributed by atoms with van der Waals surface area (Å²) in [6.07, 6.45) is 5.64. The Balaban J connectivity index is 2.10. The van der Waals surface area contributed by atoms with Crippen LogP contribution in [0, 0.1) is 0 Å². The van der Waals surface area contributed by atoms with Crippen LogP contribution < -0.4 is 0 Å². The standard InChI is InChI=1S/C11H18O5/c1-14-10-6-4-7-11(16-10)15-8-3-2-5-9(12)13/h2,5,10-11H,3-4,6-8H2,1H3,(H,12,13). The summed E-state index contributed by atoms with van der Waals surface area (Å²) in [5, 5.41) is 8.36. The normalized spacial score (nSPS) is 26.1. The van der Waals surface area contributed by atoms with E-state index in [0.717, 1.165) is 25.3 Å². The van der Waals surface area contributed by atoms with E-state index >= 15 is 0 Å². The molecule has 2 unspecified atom stereocenters. The zero-order valence-corrected chi connectivity index (χ0v) is 9.43. The summed E-state index contributed by atoms with van der Waals surface area (Å²) in [6, 6.07) is 0. The van der Waals surface area contributed by atoms with Crippen molar-refractivity contribution in [3.05, 3.63) is 12.2 Å². The summed E-state index contributed by atoms with van der Waals surface area (Å²) in [5.74, 6) is -0.937. The summed E-state index contributed by atoms with van der Waals surface area (Å²) in [6.45, 7) is 0.463. The predicted octanol–water partition coefficient (Wildman–Crippen LogP) is 1.53. The van der Waals surface area contributed by atoms with Gasteiger partial charge >= 0.3 is 5.97 Å². The van der Waals surface area contributed by atoms with Crippen LogP contribution in [-0.4, -0.2) is 37.4 Å². The van der Waals surface area contributed by atoms with E-state index in [4.69, 9.17) is 19.3 Å². The minimum absolute atomic E-state index is 0.173. The predicted molar refractivity (Wildman–Crippen MR) is 56.9 cm³/mol. The second-order valence-electron chi connectivity index (χ2n) is 3.56. The van der Waals surface area contributed by atoms with Crippen molar-refractivity contribution in [3.8, 4) is 0 Å². The van der Waals surface area contributed by atoms with Crippen molar-refractivity contribution in [1.82, 2.24) is 0 Å². The molecular formula is C11H18O5. The number of carboxylic acids is 1. The largest absolute Gasteiger partial charge is 0.478 e. The molecule has 1 fully saturated rings. The summed E-state index contributed by atoms with van der Waals surface area (Å²) in [5.41, 5.74) is 0. The number of rotatable bonds is 6. The van der Waals surface area contributed by atoms with Crippen molar-refractivity contribution < 1.29 is 24.1 Å². The molecule has 1 aliphatic heterocycles. The van der Waals surface area contributed by atoms with Crippen molar-refractivity contribution >= 4 is 5.97 Å². The van der Waals surface area contributed by atoms with Gasteiger partial charge < -0.3 is 19.3 Å². The van der Waals surface area contributed by atoms with Gasteiger partial charge in [0.1, 0.15) is 0 Å². The number of aliphatic carboxylic acids is 1. The van der Waals surface area contributed by atoms with Crippen molar-refractivity contribution in [1.29, 1.82) is 0 Å². The number of ether oxygens (including phenoxy) is 3. The Labute approximate surface area is 95.0 Å². The SMILES string of the molecule is COC1CCCC(OCCC=CC(=O)O)O1. The Hall–Kier alpha value is -0.910. The quantitative estimate of drug-likeness (QED) is 0.553. The van der Waals surface area contributed by atoms with Gasteiger partial charge in [-0.15, -0.1) is 0 Å². The first-order chi connectivity index (χ1) is 7.72. The molecule has 1 aliphatic rings. The highest BCUT2D eigenvalue weighted by atomic mass is 16.8. The molecule has 0 bridgehead atoms. The summed E-state index contributed by atoms with van der Waals surface area (Å²) in [7, 11) is 1.61. The maximum Gasteiger partial charge on any atom is 0.327 e. The summed E-state index contributed by atoms with van der Waals surface area (Å²) < 4.78 is 16.0. The van der Waals surface area contributed by atoms with Gasteiger partial charge in [0.25, 0.3) is 0 Å². The second kappa shape index (κ2) is 7.38. The molecule has 5 heteroatoms. The molecule has 0 radical (unpaired) electrons. The Morgan fingerprint density at radius 2 is 2.25 bits per heavy atom. The second-order valence-corrected chi connectivity index (χ2v) is 3.56. The maximum absolute atomic E-state index is 10.2. The fourth-order valence-electron chi connectivity index (χ4n) is 1.50. The van der Waals surface area contributed by atoms with Gasteiger partial charge in [-0.25, -0.2) is 4.79 Å². The maximum atomic E-state index is 10.2. The molecule has 0 aromatic carbocycles. The van der Waals surface area contributed by atoms with Crippen molar-refractivity contribution in [3.63, 3.8) is 0 Å². The molecule has 1 heterocycles. The van der Waals surface area contributed by atoms with Crippen LogP contribution in [0.25, 0.3) is 0 Å². The average molecular weight is 230 g/mol. The van der Waals surface area contributed by atoms with Crippen molar-refractivity contribution in [2.75, 3.05) is 13.7 Å². The monoisotopic (exact) mass is 230 g/mol. The highest BCUT2D eigenvalue weighted by Gasteiger charge is 2.21. The fraction of sp³-hybridized carbons (Fsp3) is 0.727. The molecule has 16 heavy (non-hydrogen) atoms. The number of hydrogen-bond donors (Lipinski definition) is 1. The molecule has 0 aliphatic carbocycles. The third-order valence-electron chi connectivity index (χ3n) is 2.29. The third-order valence-corrected chi connectivity index (χ3v) is 2.29. The van der Waals surface area contributed by atoms with Gasteiger partial charge in [-0.05, 0) is 25.7 Å². The van der Waals surface area contributed by atoms with E-state index in [-0.39, 0.29) is 12.6 Å². The lowest BCUT2D eigenvalue weighted by Crippen LogP contribution is -2.30. The van der Waals surface area contributed by atoms with Gasteiger partial charge in [0.15, 0.2) is 12.6 Å². The van der Waals surface area contributed by atoms with E-state index in [1.54, 1.807) is 13.2 Å². The molecule has 92 valence electrons. The lowest BCUT2D eigenvalue weighted by atomic mass is 10.2. The van der Waals surface area contributed by atoms with Crippen molar-refractivity contribution in [2.24, 2.45) is 0 Å². The first-order valence-electron chi connectivity index (χ1n) is 5.41. The van der Waals surface area contributed by atoms with Crippen LogP contribution in [0.15, 0.2) is 12.2 Å². The molecule has 2 atom stereocenters. The third kappa shape index (κ3) is 5.25. The van der Waals surface area contributed by atoms with Gasteiger partial charge in [-0.3, -0.25) is 0 Å². The number of hydrogen-bond acceptors (Lipinski definition) is 4. The highest BCUT2D eigenvalue weighted by Crippen LogP contribution is 2.20. The van der Waals surface area contributed by atoms with E-state index in [9.17, 15) is 4.79 Å².